The van der Waals surface area contributed by atoms with E-state index in [0.29, 0.717) is 38.0 Å². The van der Waals surface area contributed by atoms with Crippen LogP contribution in [-0.2, 0) is 11.2 Å². The molecule has 1 heterocycles. The lowest BCUT2D eigenvalue weighted by Gasteiger charge is -2.32. The highest BCUT2D eigenvalue weighted by Crippen LogP contribution is 2.19. The number of likely N-dealkylation sites (tertiary alicyclic amines) is 1. The first kappa shape index (κ1) is 20.5. The number of nitrogens with zero attached hydrogens (tertiary/aromatic N) is 1. The molecule has 1 aliphatic heterocycles. The Labute approximate surface area is 168 Å². The van der Waals surface area contributed by atoms with Gasteiger partial charge in [-0.05, 0) is 61.2 Å². The number of rotatable bonds is 6. The highest BCUT2D eigenvalue weighted by molar-refractivity contribution is 5.94. The predicted octanol–water partition coefficient (Wildman–Crippen LogP) is 2.74. The van der Waals surface area contributed by atoms with Crippen LogP contribution in [-0.4, -0.2) is 47.4 Å². The van der Waals surface area contributed by atoms with Crippen molar-refractivity contribution in [2.75, 3.05) is 19.6 Å². The summed E-state index contributed by atoms with van der Waals surface area (Å²) in [7, 11) is 0. The van der Waals surface area contributed by atoms with Gasteiger partial charge in [0.15, 0.2) is 0 Å². The predicted molar refractivity (Wildman–Crippen MR) is 105 cm³/mol. The number of carboxylic acid groups (broad SMARTS) is 1. The molecule has 2 aromatic rings. The lowest BCUT2D eigenvalue weighted by atomic mass is 9.96. The minimum atomic E-state index is -0.982. The van der Waals surface area contributed by atoms with Gasteiger partial charge < -0.3 is 15.3 Å². The van der Waals surface area contributed by atoms with E-state index < -0.39 is 11.8 Å². The van der Waals surface area contributed by atoms with E-state index in [4.69, 9.17) is 5.11 Å². The van der Waals surface area contributed by atoms with E-state index in [1.54, 1.807) is 17.0 Å². The van der Waals surface area contributed by atoms with Gasteiger partial charge in [0.05, 0.1) is 11.5 Å². The van der Waals surface area contributed by atoms with Crippen LogP contribution >= 0.6 is 0 Å². The summed E-state index contributed by atoms with van der Waals surface area (Å²) in [5, 5.41) is 11.9. The van der Waals surface area contributed by atoms with Gasteiger partial charge in [-0.2, -0.15) is 0 Å². The zero-order chi connectivity index (χ0) is 20.8. The Bertz CT molecular complexity index is 898. The van der Waals surface area contributed by atoms with Crippen molar-refractivity contribution in [2.24, 2.45) is 5.92 Å². The van der Waals surface area contributed by atoms with E-state index in [2.05, 4.69) is 5.32 Å². The number of piperidine rings is 1. The van der Waals surface area contributed by atoms with Crippen LogP contribution in [0.5, 0.6) is 0 Å². The van der Waals surface area contributed by atoms with Gasteiger partial charge in [0.2, 0.25) is 5.91 Å². The van der Waals surface area contributed by atoms with Crippen molar-refractivity contribution in [1.82, 2.24) is 10.2 Å². The van der Waals surface area contributed by atoms with Gasteiger partial charge in [0.25, 0.3) is 5.91 Å². The average molecular weight is 398 g/mol. The number of carboxylic acids is 1. The summed E-state index contributed by atoms with van der Waals surface area (Å²) in [6.45, 7) is 1.29. The van der Waals surface area contributed by atoms with Crippen molar-refractivity contribution in [1.29, 1.82) is 0 Å². The molecule has 6 nitrogen and oxygen atoms in total. The van der Waals surface area contributed by atoms with E-state index in [1.807, 2.05) is 6.07 Å². The van der Waals surface area contributed by atoms with E-state index in [0.717, 1.165) is 12.0 Å². The molecule has 152 valence electrons. The first-order valence-corrected chi connectivity index (χ1v) is 9.59. The number of carbonyl (C=O) groups excluding carboxylic acids is 2. The second kappa shape index (κ2) is 9.32. The molecule has 1 aliphatic rings. The van der Waals surface area contributed by atoms with Gasteiger partial charge in [0, 0.05) is 25.2 Å². The lowest BCUT2D eigenvalue weighted by Crippen LogP contribution is -2.45. The number of amides is 2. The van der Waals surface area contributed by atoms with E-state index >= 15 is 0 Å². The second-order valence-electron chi connectivity index (χ2n) is 7.14. The zero-order valence-electron chi connectivity index (χ0n) is 15.9. The summed E-state index contributed by atoms with van der Waals surface area (Å²) in [5.74, 6) is -1.99. The molecule has 2 amide bonds. The molecule has 0 saturated carbocycles. The third-order valence-corrected chi connectivity index (χ3v) is 5.06. The zero-order valence-corrected chi connectivity index (χ0v) is 15.9. The van der Waals surface area contributed by atoms with Crippen molar-refractivity contribution in [3.63, 3.8) is 0 Å². The van der Waals surface area contributed by atoms with E-state index in [-0.39, 0.29) is 23.3 Å². The highest BCUT2D eigenvalue weighted by atomic mass is 19.1. The Morgan fingerprint density at radius 3 is 2.59 bits per heavy atom. The molecular weight excluding hydrogens is 375 g/mol. The number of carbonyl (C=O) groups is 3. The fourth-order valence-corrected chi connectivity index (χ4v) is 3.48. The maximum Gasteiger partial charge on any atom is 0.335 e. The van der Waals surface area contributed by atoms with Gasteiger partial charge in [-0.25, -0.2) is 9.18 Å². The lowest BCUT2D eigenvalue weighted by molar-refractivity contribution is -0.126. The fraction of sp³-hybridized carbons (Fsp3) is 0.318. The minimum absolute atomic E-state index is 0.115. The van der Waals surface area contributed by atoms with Crippen LogP contribution in [0, 0.1) is 11.7 Å². The Balaban J connectivity index is 1.51. The van der Waals surface area contributed by atoms with Gasteiger partial charge in [-0.3, -0.25) is 9.59 Å². The molecule has 1 unspecified atom stereocenters. The first-order chi connectivity index (χ1) is 13.9. The van der Waals surface area contributed by atoms with Gasteiger partial charge in [-0.15, -0.1) is 0 Å². The summed E-state index contributed by atoms with van der Waals surface area (Å²) in [5.41, 5.74) is 1.46. The summed E-state index contributed by atoms with van der Waals surface area (Å²) < 4.78 is 13.1. The molecule has 1 saturated heterocycles. The van der Waals surface area contributed by atoms with Gasteiger partial charge in [-0.1, -0.05) is 12.1 Å². The van der Waals surface area contributed by atoms with Crippen LogP contribution in [0.15, 0.2) is 48.5 Å². The second-order valence-corrected chi connectivity index (χ2v) is 7.14. The molecule has 0 aliphatic carbocycles. The maximum absolute atomic E-state index is 13.1. The van der Waals surface area contributed by atoms with Crippen molar-refractivity contribution in [3.8, 4) is 0 Å². The quantitative estimate of drug-likeness (QED) is 0.783. The van der Waals surface area contributed by atoms with E-state index in [1.165, 1.54) is 30.3 Å². The maximum atomic E-state index is 13.1. The van der Waals surface area contributed by atoms with Crippen LogP contribution in [0.3, 0.4) is 0 Å². The SMILES string of the molecule is O=C(O)c1cccc(CCNC(=O)C2CCCN(C(=O)c3ccc(F)cc3)C2)c1. The molecule has 2 N–H and O–H groups in total. The third-order valence-electron chi connectivity index (χ3n) is 5.06. The van der Waals surface area contributed by atoms with Crippen molar-refractivity contribution in [3.05, 3.63) is 71.0 Å². The molecule has 29 heavy (non-hydrogen) atoms. The van der Waals surface area contributed by atoms with E-state index in [9.17, 15) is 18.8 Å². The number of nitrogens with one attached hydrogen (secondary N) is 1. The van der Waals surface area contributed by atoms with Gasteiger partial charge in [0.1, 0.15) is 5.82 Å². The molecule has 0 radical (unpaired) electrons. The van der Waals surface area contributed by atoms with Crippen LogP contribution in [0.25, 0.3) is 0 Å². The van der Waals surface area contributed by atoms with Crippen molar-refractivity contribution >= 4 is 17.8 Å². The Hall–Kier alpha value is -3.22. The molecule has 1 fully saturated rings. The normalized spacial score (nSPS) is 16.3. The summed E-state index contributed by atoms with van der Waals surface area (Å²) in [4.78, 5) is 37.8. The average Bonchev–Trinajstić information content (AvgIpc) is 2.74. The number of aromatic carboxylic acids is 1. The fourth-order valence-electron chi connectivity index (χ4n) is 3.48. The molecule has 3 rings (SSSR count). The molecule has 0 aromatic heterocycles. The Kier molecular flexibility index (Phi) is 6.59. The Morgan fingerprint density at radius 2 is 1.86 bits per heavy atom. The Morgan fingerprint density at radius 1 is 1.10 bits per heavy atom. The number of benzene rings is 2. The molecular formula is C22H23FN2O4. The van der Waals surface area contributed by atoms with Crippen LogP contribution < -0.4 is 5.32 Å². The topological polar surface area (TPSA) is 86.7 Å². The molecule has 2 aromatic carbocycles. The number of hydrogen-bond acceptors (Lipinski definition) is 3. The minimum Gasteiger partial charge on any atom is -0.478 e. The highest BCUT2D eigenvalue weighted by Gasteiger charge is 2.28. The largest absolute Gasteiger partial charge is 0.478 e. The van der Waals surface area contributed by atoms with Crippen molar-refractivity contribution < 1.29 is 23.9 Å². The molecule has 0 bridgehead atoms. The third kappa shape index (κ3) is 5.40. The first-order valence-electron chi connectivity index (χ1n) is 9.59. The summed E-state index contributed by atoms with van der Waals surface area (Å²) >= 11 is 0. The van der Waals surface area contributed by atoms with Crippen LogP contribution in [0.4, 0.5) is 4.39 Å². The molecule has 7 heteroatoms. The smallest absolute Gasteiger partial charge is 0.335 e. The van der Waals surface area contributed by atoms with Crippen LogP contribution in [0.2, 0.25) is 0 Å². The van der Waals surface area contributed by atoms with Gasteiger partial charge >= 0.3 is 5.97 Å². The monoisotopic (exact) mass is 398 g/mol. The molecule has 1 atom stereocenters. The molecule has 0 spiro atoms. The van der Waals surface area contributed by atoms with Crippen molar-refractivity contribution in [2.45, 2.75) is 19.3 Å². The summed E-state index contributed by atoms with van der Waals surface area (Å²) in [6, 6.07) is 12.0. The number of hydrogen-bond donors (Lipinski definition) is 2. The van der Waals surface area contributed by atoms with Crippen LogP contribution in [0.1, 0.15) is 39.1 Å². The summed E-state index contributed by atoms with van der Waals surface area (Å²) in [6.07, 6.45) is 1.96. The standard InChI is InChI=1S/C22H23FN2O4/c23-19-8-6-16(7-9-19)21(27)25-12-2-5-18(14-25)20(26)24-11-10-15-3-1-4-17(13-15)22(28)29/h1,3-4,6-9,13,18H,2,5,10-12,14H2,(H,24,26)(H,28,29). The number of halogens is 1.